The van der Waals surface area contributed by atoms with Gasteiger partial charge >= 0.3 is 6.68 Å². The van der Waals surface area contributed by atoms with E-state index in [2.05, 4.69) is 4.98 Å². The van der Waals surface area contributed by atoms with E-state index in [1.54, 1.807) is 0 Å². The molecule has 0 saturated carbocycles. The maximum atomic E-state index is 10.3. The molecular weight excluding hydrogens is 271 g/mol. The molecule has 0 radical (unpaired) electrons. The zero-order valence-electron chi connectivity index (χ0n) is 7.76. The van der Waals surface area contributed by atoms with E-state index in [1.807, 2.05) is 0 Å². The molecule has 0 amide bonds. The minimum Gasteiger partial charge on any atom is -0.285 e. The Labute approximate surface area is 96.7 Å². The molecule has 0 aliphatic rings. The number of aromatic nitrogens is 1. The zero-order chi connectivity index (χ0) is 11.9. The van der Waals surface area contributed by atoms with E-state index >= 15 is 0 Å². The minimum absolute atomic E-state index is 0. The molecule has 94 valence electrons. The number of halogens is 4. The second-order valence-corrected chi connectivity index (χ2v) is 3.78. The van der Waals surface area contributed by atoms with E-state index < -0.39 is 16.8 Å². The van der Waals surface area contributed by atoms with Gasteiger partial charge in [-0.25, -0.2) is 0 Å². The van der Waals surface area contributed by atoms with Gasteiger partial charge in [0.15, 0.2) is 0 Å². The van der Waals surface area contributed by atoms with Gasteiger partial charge in [-0.1, -0.05) is 0 Å². The van der Waals surface area contributed by atoms with Crippen molar-refractivity contribution in [1.82, 2.24) is 4.98 Å². The number of alkyl halides is 3. The molecule has 1 rings (SSSR count). The number of hydrogen-bond acceptors (Lipinski definition) is 3. The predicted octanol–water partition coefficient (Wildman–Crippen LogP) is 2.07. The van der Waals surface area contributed by atoms with Gasteiger partial charge < -0.3 is 0 Å². The third kappa shape index (κ3) is 13.1. The van der Waals surface area contributed by atoms with Gasteiger partial charge in [-0.3, -0.25) is 9.54 Å². The summed E-state index contributed by atoms with van der Waals surface area (Å²) in [5, 5.41) is 0. The molecule has 0 aliphatic heterocycles. The fraction of sp³-hybridized carbons (Fsp3) is 0.286. The van der Waals surface area contributed by atoms with Crippen LogP contribution in [0.15, 0.2) is 24.5 Å². The largest absolute Gasteiger partial charge is 0.379 e. The summed E-state index contributed by atoms with van der Waals surface area (Å²) in [5.41, 5.74) is 0.530. The topological polar surface area (TPSA) is 67.3 Å². The van der Waals surface area contributed by atoms with Crippen LogP contribution in [0.2, 0.25) is 0 Å². The Hall–Kier alpha value is -0.860. The first-order chi connectivity index (χ1) is 6.81. The van der Waals surface area contributed by atoms with Crippen molar-refractivity contribution >= 4 is 22.5 Å². The average molecular weight is 280 g/mol. The van der Waals surface area contributed by atoms with Gasteiger partial charge in [0.2, 0.25) is 0 Å². The lowest BCUT2D eigenvalue weighted by Crippen LogP contribution is -2.01. The molecule has 0 unspecified atom stereocenters. The second-order valence-electron chi connectivity index (χ2n) is 2.33. The van der Waals surface area contributed by atoms with E-state index in [9.17, 15) is 21.6 Å². The van der Waals surface area contributed by atoms with Crippen LogP contribution >= 0.6 is 12.4 Å². The van der Waals surface area contributed by atoms with Gasteiger partial charge in [0.05, 0.1) is 0 Å². The first kappa shape index (κ1) is 17.5. The summed E-state index contributed by atoms with van der Waals surface area (Å²) in [4.78, 5) is 3.70. The highest BCUT2D eigenvalue weighted by Gasteiger charge is 2.04. The molecule has 0 atom stereocenters. The Morgan fingerprint density at radius 2 is 1.62 bits per heavy atom. The van der Waals surface area contributed by atoms with E-state index in [1.165, 1.54) is 24.5 Å². The number of nitrogens with zero attached hydrogens (tertiary/aromatic N) is 1. The summed E-state index contributed by atoms with van der Waals surface area (Å²) in [7, 11) is -3.90. The maximum Gasteiger partial charge on any atom is 0.379 e. The third-order valence-corrected chi connectivity index (χ3v) is 1.80. The molecule has 1 aromatic rings. The van der Waals surface area contributed by atoms with Gasteiger partial charge in [-0.2, -0.15) is 21.6 Å². The Morgan fingerprint density at radius 1 is 1.25 bits per heavy atom. The maximum absolute atomic E-state index is 10.3. The summed E-state index contributed by atoms with van der Waals surface area (Å²) in [6, 6.07) is 3.07. The van der Waals surface area contributed by atoms with Crippen LogP contribution in [0.4, 0.5) is 13.2 Å². The average Bonchev–Trinajstić information content (AvgIpc) is 2.01. The van der Waals surface area contributed by atoms with E-state index in [0.717, 1.165) is 0 Å². The normalized spacial score (nSPS) is 10.1. The molecule has 0 aliphatic carbocycles. The van der Waals surface area contributed by atoms with Gasteiger partial charge in [0.25, 0.3) is 10.1 Å². The lowest BCUT2D eigenvalue weighted by molar-refractivity contribution is 0.00819. The van der Waals surface area contributed by atoms with E-state index in [4.69, 9.17) is 4.55 Å². The Balaban J connectivity index is 0. The minimum atomic E-state index is -3.90. The molecule has 0 aromatic carbocycles. The van der Waals surface area contributed by atoms with Crippen molar-refractivity contribution in [3.63, 3.8) is 0 Å². The molecule has 16 heavy (non-hydrogen) atoms. The molecule has 0 spiro atoms. The predicted molar refractivity (Wildman–Crippen MR) is 53.8 cm³/mol. The zero-order valence-corrected chi connectivity index (χ0v) is 9.39. The van der Waals surface area contributed by atoms with Crippen molar-refractivity contribution in [2.24, 2.45) is 0 Å². The summed E-state index contributed by atoms with van der Waals surface area (Å²) in [5.74, 6) is -0.352. The number of hydrogen-bond donors (Lipinski definition) is 1. The van der Waals surface area contributed by atoms with Gasteiger partial charge in [-0.05, 0) is 17.7 Å². The van der Waals surface area contributed by atoms with Crippen LogP contribution in [-0.4, -0.2) is 24.6 Å². The molecule has 1 heterocycles. The smallest absolute Gasteiger partial charge is 0.285 e. The summed E-state index contributed by atoms with van der Waals surface area (Å²) in [6.45, 7) is -3.67. The molecule has 1 N–H and O–H groups in total. The highest BCUT2D eigenvalue weighted by atomic mass is 35.5. The first-order valence-electron chi connectivity index (χ1n) is 3.57. The van der Waals surface area contributed by atoms with Crippen LogP contribution in [0.3, 0.4) is 0 Å². The highest BCUT2D eigenvalue weighted by Crippen LogP contribution is 2.01. The lowest BCUT2D eigenvalue weighted by atomic mass is 10.3. The van der Waals surface area contributed by atoms with Crippen molar-refractivity contribution in [1.29, 1.82) is 0 Å². The van der Waals surface area contributed by atoms with Crippen molar-refractivity contribution in [3.8, 4) is 0 Å². The molecule has 0 saturated heterocycles. The number of pyridine rings is 1. The monoisotopic (exact) mass is 279 g/mol. The fourth-order valence-electron chi connectivity index (χ4n) is 0.690. The Bertz CT molecular complexity index is 371. The summed E-state index contributed by atoms with van der Waals surface area (Å²) in [6.07, 6.45) is 2.95. The fourth-order valence-corrected chi connectivity index (χ4v) is 1.30. The SMILES string of the molecule is Cl.FC(F)F.O=S(=O)(O)Cc1ccncc1. The number of rotatable bonds is 2. The molecule has 1 aromatic heterocycles. The lowest BCUT2D eigenvalue weighted by Gasteiger charge is -1.94. The van der Waals surface area contributed by atoms with Crippen LogP contribution in [0.1, 0.15) is 5.56 Å². The summed E-state index contributed by atoms with van der Waals surface area (Å²) >= 11 is 0. The van der Waals surface area contributed by atoms with Crippen LogP contribution in [0, 0.1) is 0 Å². The van der Waals surface area contributed by atoms with Crippen LogP contribution in [0.5, 0.6) is 0 Å². The third-order valence-electron chi connectivity index (χ3n) is 1.10. The quantitative estimate of drug-likeness (QED) is 0.842. The standard InChI is InChI=1S/C6H7NO3S.CHF3.ClH/c8-11(9,10)5-6-1-3-7-4-2-6;2-1(3)4;/h1-4H,5H2,(H,8,9,10);1H;1H. The molecular formula is C7H9ClF3NO3S. The van der Waals surface area contributed by atoms with Crippen LogP contribution < -0.4 is 0 Å². The molecule has 9 heteroatoms. The van der Waals surface area contributed by atoms with Gasteiger partial charge in [0, 0.05) is 12.4 Å². The molecule has 4 nitrogen and oxygen atoms in total. The van der Waals surface area contributed by atoms with E-state index in [-0.39, 0.29) is 18.2 Å². The highest BCUT2D eigenvalue weighted by molar-refractivity contribution is 7.85. The second kappa shape index (κ2) is 8.31. The van der Waals surface area contributed by atoms with Gasteiger partial charge in [-0.15, -0.1) is 12.4 Å². The molecule has 0 bridgehead atoms. The summed E-state index contributed by atoms with van der Waals surface area (Å²) < 4.78 is 58.1. The van der Waals surface area contributed by atoms with Crippen molar-refractivity contribution < 1.29 is 26.1 Å². The van der Waals surface area contributed by atoms with Gasteiger partial charge in [0.1, 0.15) is 5.75 Å². The van der Waals surface area contributed by atoms with E-state index in [0.29, 0.717) is 5.56 Å². The Morgan fingerprint density at radius 3 is 1.94 bits per heavy atom. The molecule has 0 fully saturated rings. The van der Waals surface area contributed by atoms with Crippen LogP contribution in [-0.2, 0) is 15.9 Å². The van der Waals surface area contributed by atoms with Crippen molar-refractivity contribution in [3.05, 3.63) is 30.1 Å². The first-order valence-corrected chi connectivity index (χ1v) is 5.18. The van der Waals surface area contributed by atoms with Crippen LogP contribution in [0.25, 0.3) is 0 Å². The van der Waals surface area contributed by atoms with Crippen molar-refractivity contribution in [2.75, 3.05) is 0 Å². The van der Waals surface area contributed by atoms with Crippen molar-refractivity contribution in [2.45, 2.75) is 12.4 Å². The Kier molecular flexibility index (Phi) is 9.11.